The first-order valence-corrected chi connectivity index (χ1v) is 8.16. The number of nitrogens with zero attached hydrogens (tertiary/aromatic N) is 2. The average molecular weight is 377 g/mol. The molecule has 2 rings (SSSR count). The lowest BCUT2D eigenvalue weighted by Crippen LogP contribution is -2.21. The Morgan fingerprint density at radius 1 is 1.30 bits per heavy atom. The first-order valence-electron chi connectivity index (χ1n) is 6.17. The van der Waals surface area contributed by atoms with Crippen LogP contribution in [0.15, 0.2) is 22.7 Å². The maximum atomic E-state index is 6.04. The van der Waals surface area contributed by atoms with Gasteiger partial charge in [-0.2, -0.15) is 0 Å². The number of rotatable bonds is 7. The monoisotopic (exact) mass is 375 g/mol. The molecular formula is C13H15BrClN3OS. The Morgan fingerprint density at radius 2 is 2.15 bits per heavy atom. The summed E-state index contributed by atoms with van der Waals surface area (Å²) < 4.78 is 5.92. The number of benzene rings is 1. The highest BCUT2D eigenvalue weighted by Crippen LogP contribution is 2.29. The van der Waals surface area contributed by atoms with Crippen LogP contribution in [0.4, 0.5) is 0 Å². The molecule has 0 radical (unpaired) electrons. The lowest BCUT2D eigenvalue weighted by Gasteiger charge is -2.01. The Balaban J connectivity index is 1.94. The van der Waals surface area contributed by atoms with Gasteiger partial charge in [0.15, 0.2) is 0 Å². The minimum Gasteiger partial charge on any atom is -0.383 e. The van der Waals surface area contributed by atoms with E-state index in [0.29, 0.717) is 5.02 Å². The van der Waals surface area contributed by atoms with E-state index in [-0.39, 0.29) is 0 Å². The van der Waals surface area contributed by atoms with Crippen LogP contribution >= 0.6 is 38.9 Å². The van der Waals surface area contributed by atoms with Crippen molar-refractivity contribution < 1.29 is 4.74 Å². The molecule has 108 valence electrons. The Hall–Kier alpha value is -0.530. The standard InChI is InChI=1S/C13H15BrClN3OS/c1-19-5-4-16-3-2-12-17-18-13(20-12)9-6-10(14)8-11(15)7-9/h6-8,16H,2-5H2,1H3. The fraction of sp³-hybridized carbons (Fsp3) is 0.385. The number of nitrogens with one attached hydrogen (secondary N) is 1. The molecule has 0 amide bonds. The van der Waals surface area contributed by atoms with Gasteiger partial charge in [-0.25, -0.2) is 0 Å². The molecule has 0 atom stereocenters. The first-order chi connectivity index (χ1) is 9.69. The van der Waals surface area contributed by atoms with Crippen molar-refractivity contribution in [2.24, 2.45) is 0 Å². The molecule has 0 spiro atoms. The summed E-state index contributed by atoms with van der Waals surface area (Å²) in [7, 11) is 1.70. The fourth-order valence-electron chi connectivity index (χ4n) is 1.64. The van der Waals surface area contributed by atoms with E-state index in [9.17, 15) is 0 Å². The van der Waals surface area contributed by atoms with E-state index in [1.165, 1.54) is 0 Å². The zero-order valence-corrected chi connectivity index (χ0v) is 14.2. The number of hydrogen-bond acceptors (Lipinski definition) is 5. The van der Waals surface area contributed by atoms with Crippen molar-refractivity contribution in [3.63, 3.8) is 0 Å². The predicted molar refractivity (Wildman–Crippen MR) is 86.5 cm³/mol. The summed E-state index contributed by atoms with van der Waals surface area (Å²) in [6.07, 6.45) is 0.864. The molecule has 1 aromatic carbocycles. The van der Waals surface area contributed by atoms with Crippen LogP contribution in [0.1, 0.15) is 5.01 Å². The second kappa shape index (κ2) is 8.05. The molecule has 0 aliphatic rings. The molecular weight excluding hydrogens is 362 g/mol. The third-order valence-electron chi connectivity index (χ3n) is 2.57. The predicted octanol–water partition coefficient (Wildman–Crippen LogP) is 3.40. The topological polar surface area (TPSA) is 47.0 Å². The van der Waals surface area contributed by atoms with Crippen LogP contribution < -0.4 is 5.32 Å². The van der Waals surface area contributed by atoms with Gasteiger partial charge in [0, 0.05) is 41.7 Å². The molecule has 4 nitrogen and oxygen atoms in total. The number of hydrogen-bond donors (Lipinski definition) is 1. The SMILES string of the molecule is COCCNCCc1nnc(-c2cc(Cl)cc(Br)c2)s1. The first kappa shape index (κ1) is 15.9. The van der Waals surface area contributed by atoms with Crippen LogP contribution in [0.5, 0.6) is 0 Å². The number of halogens is 2. The van der Waals surface area contributed by atoms with Crippen LogP contribution in [0.3, 0.4) is 0 Å². The van der Waals surface area contributed by atoms with Gasteiger partial charge >= 0.3 is 0 Å². The van der Waals surface area contributed by atoms with Crippen LogP contribution in [-0.2, 0) is 11.2 Å². The quantitative estimate of drug-likeness (QED) is 0.752. The van der Waals surface area contributed by atoms with Gasteiger partial charge in [-0.3, -0.25) is 0 Å². The highest BCUT2D eigenvalue weighted by Gasteiger charge is 2.08. The molecule has 1 aromatic heterocycles. The van der Waals surface area contributed by atoms with Crippen molar-refractivity contribution in [3.8, 4) is 10.6 Å². The summed E-state index contributed by atoms with van der Waals surface area (Å²) in [5.41, 5.74) is 0.987. The minimum absolute atomic E-state index is 0.687. The fourth-order valence-corrected chi connectivity index (χ4v) is 3.33. The minimum atomic E-state index is 0.687. The number of aromatic nitrogens is 2. The van der Waals surface area contributed by atoms with Crippen molar-refractivity contribution in [2.45, 2.75) is 6.42 Å². The second-order valence-corrected chi connectivity index (χ2v) is 6.57. The summed E-state index contributed by atoms with van der Waals surface area (Å²) in [5, 5.41) is 14.3. The molecule has 0 aliphatic heterocycles. The average Bonchev–Trinajstić information content (AvgIpc) is 2.86. The van der Waals surface area contributed by atoms with Crippen molar-refractivity contribution in [1.29, 1.82) is 0 Å². The summed E-state index contributed by atoms with van der Waals surface area (Å²) >= 11 is 11.1. The summed E-state index contributed by atoms with van der Waals surface area (Å²) in [4.78, 5) is 0. The van der Waals surface area contributed by atoms with E-state index < -0.39 is 0 Å². The van der Waals surface area contributed by atoms with Crippen molar-refractivity contribution in [1.82, 2.24) is 15.5 Å². The lowest BCUT2D eigenvalue weighted by molar-refractivity contribution is 0.199. The van der Waals surface area contributed by atoms with Gasteiger partial charge in [0.1, 0.15) is 10.0 Å². The molecule has 0 saturated carbocycles. The normalized spacial score (nSPS) is 10.9. The van der Waals surface area contributed by atoms with Crippen molar-refractivity contribution in [2.75, 3.05) is 26.8 Å². The third kappa shape index (κ3) is 4.79. The molecule has 0 fully saturated rings. The lowest BCUT2D eigenvalue weighted by atomic mass is 10.2. The summed E-state index contributed by atoms with van der Waals surface area (Å²) in [5.74, 6) is 0. The maximum absolute atomic E-state index is 6.04. The van der Waals surface area contributed by atoms with E-state index in [1.807, 2.05) is 18.2 Å². The Morgan fingerprint density at radius 3 is 2.90 bits per heavy atom. The number of ether oxygens (including phenoxy) is 1. The Bertz CT molecular complexity index is 544. The molecule has 0 unspecified atom stereocenters. The highest BCUT2D eigenvalue weighted by atomic mass is 79.9. The summed E-state index contributed by atoms with van der Waals surface area (Å²) in [6.45, 7) is 2.44. The Kier molecular flexibility index (Phi) is 6.38. The van der Waals surface area contributed by atoms with E-state index in [2.05, 4.69) is 31.4 Å². The molecule has 1 N–H and O–H groups in total. The molecule has 0 saturated heterocycles. The van der Waals surface area contributed by atoms with Gasteiger partial charge < -0.3 is 10.1 Å². The van der Waals surface area contributed by atoms with Crippen LogP contribution in [-0.4, -0.2) is 37.0 Å². The molecule has 0 aliphatic carbocycles. The zero-order valence-electron chi connectivity index (χ0n) is 11.0. The van der Waals surface area contributed by atoms with Crippen LogP contribution in [0.2, 0.25) is 5.02 Å². The molecule has 2 aromatic rings. The van der Waals surface area contributed by atoms with Gasteiger partial charge in [0.05, 0.1) is 6.61 Å². The van der Waals surface area contributed by atoms with Gasteiger partial charge in [-0.05, 0) is 18.2 Å². The molecule has 7 heteroatoms. The van der Waals surface area contributed by atoms with Gasteiger partial charge in [-0.15, -0.1) is 10.2 Å². The third-order valence-corrected chi connectivity index (χ3v) is 4.28. The van der Waals surface area contributed by atoms with Gasteiger partial charge in [-0.1, -0.05) is 38.9 Å². The molecule has 0 bridgehead atoms. The molecule has 1 heterocycles. The number of methoxy groups -OCH3 is 1. The van der Waals surface area contributed by atoms with Gasteiger partial charge in [0.25, 0.3) is 0 Å². The largest absolute Gasteiger partial charge is 0.383 e. The Labute approximate surface area is 135 Å². The van der Waals surface area contributed by atoms with Crippen molar-refractivity contribution in [3.05, 3.63) is 32.7 Å². The van der Waals surface area contributed by atoms with Crippen LogP contribution in [0.25, 0.3) is 10.6 Å². The van der Waals surface area contributed by atoms with E-state index in [4.69, 9.17) is 16.3 Å². The molecule has 20 heavy (non-hydrogen) atoms. The van der Waals surface area contributed by atoms with E-state index in [0.717, 1.165) is 46.2 Å². The zero-order chi connectivity index (χ0) is 14.4. The second-order valence-electron chi connectivity index (χ2n) is 4.15. The maximum Gasteiger partial charge on any atom is 0.147 e. The highest BCUT2D eigenvalue weighted by molar-refractivity contribution is 9.10. The van der Waals surface area contributed by atoms with Crippen LogP contribution in [0, 0.1) is 0 Å². The van der Waals surface area contributed by atoms with E-state index >= 15 is 0 Å². The smallest absolute Gasteiger partial charge is 0.147 e. The van der Waals surface area contributed by atoms with Crippen molar-refractivity contribution >= 4 is 38.9 Å². The van der Waals surface area contributed by atoms with Gasteiger partial charge in [0.2, 0.25) is 0 Å². The summed E-state index contributed by atoms with van der Waals surface area (Å²) in [6, 6.07) is 5.74. The van der Waals surface area contributed by atoms with E-state index in [1.54, 1.807) is 18.4 Å².